The summed E-state index contributed by atoms with van der Waals surface area (Å²) in [6.07, 6.45) is 7.59. The fraction of sp³-hybridized carbons (Fsp3) is 0.471. The van der Waals surface area contributed by atoms with Gasteiger partial charge in [0.2, 0.25) is 5.91 Å². The molecule has 1 amide bonds. The first-order chi connectivity index (χ1) is 9.15. The Bertz CT molecular complexity index is 459. The molecule has 0 saturated carbocycles. The molecule has 2 heteroatoms. The van der Waals surface area contributed by atoms with Crippen molar-refractivity contribution in [2.24, 2.45) is 0 Å². The maximum absolute atomic E-state index is 12.0. The van der Waals surface area contributed by atoms with E-state index in [1.54, 1.807) is 0 Å². The number of allylic oxidation sites excluding steroid dienone is 1. The number of benzene rings is 1. The van der Waals surface area contributed by atoms with Crippen molar-refractivity contribution in [2.45, 2.75) is 52.0 Å². The van der Waals surface area contributed by atoms with Crippen LogP contribution in [0.25, 0.3) is 0 Å². The van der Waals surface area contributed by atoms with Crippen LogP contribution in [0.1, 0.15) is 43.7 Å². The molecule has 2 nitrogen and oxygen atoms in total. The molecule has 1 N–H and O–H groups in total. The monoisotopic (exact) mass is 257 g/mol. The van der Waals surface area contributed by atoms with E-state index in [4.69, 9.17) is 0 Å². The summed E-state index contributed by atoms with van der Waals surface area (Å²) in [6, 6.07) is 8.34. The van der Waals surface area contributed by atoms with E-state index in [0.29, 0.717) is 6.42 Å². The molecule has 1 aromatic rings. The van der Waals surface area contributed by atoms with Gasteiger partial charge >= 0.3 is 0 Å². The molecular weight excluding hydrogens is 234 g/mol. The van der Waals surface area contributed by atoms with Crippen molar-refractivity contribution < 1.29 is 4.79 Å². The van der Waals surface area contributed by atoms with E-state index in [0.717, 1.165) is 18.4 Å². The van der Waals surface area contributed by atoms with Crippen LogP contribution in [0, 0.1) is 6.92 Å². The lowest BCUT2D eigenvalue weighted by Gasteiger charge is -2.20. The minimum absolute atomic E-state index is 0.114. The van der Waals surface area contributed by atoms with Gasteiger partial charge in [-0.2, -0.15) is 0 Å². The maximum Gasteiger partial charge on any atom is 0.224 e. The predicted molar refractivity (Wildman–Crippen MR) is 79.0 cm³/mol. The summed E-state index contributed by atoms with van der Waals surface area (Å²) in [7, 11) is 0. The van der Waals surface area contributed by atoms with Crippen molar-refractivity contribution >= 4 is 5.91 Å². The topological polar surface area (TPSA) is 29.1 Å². The quantitative estimate of drug-likeness (QED) is 0.821. The van der Waals surface area contributed by atoms with Gasteiger partial charge in [0.25, 0.3) is 0 Å². The van der Waals surface area contributed by atoms with Crippen LogP contribution in [0.3, 0.4) is 0 Å². The third-order valence-corrected chi connectivity index (χ3v) is 3.75. The zero-order valence-electron chi connectivity index (χ0n) is 11.9. The average Bonchev–Trinajstić information content (AvgIpc) is 2.42. The highest BCUT2D eigenvalue weighted by atomic mass is 16.1. The summed E-state index contributed by atoms with van der Waals surface area (Å²) in [4.78, 5) is 12.0. The summed E-state index contributed by atoms with van der Waals surface area (Å²) in [5.41, 5.74) is 3.70. The second kappa shape index (κ2) is 6.55. The van der Waals surface area contributed by atoms with E-state index < -0.39 is 0 Å². The van der Waals surface area contributed by atoms with Gasteiger partial charge in [0, 0.05) is 6.04 Å². The zero-order chi connectivity index (χ0) is 13.7. The van der Waals surface area contributed by atoms with Crippen molar-refractivity contribution in [3.8, 4) is 0 Å². The second-order valence-corrected chi connectivity index (χ2v) is 5.48. The van der Waals surface area contributed by atoms with Gasteiger partial charge in [0.1, 0.15) is 0 Å². The molecule has 1 atom stereocenters. The third kappa shape index (κ3) is 4.23. The summed E-state index contributed by atoms with van der Waals surface area (Å²) in [5, 5.41) is 3.11. The van der Waals surface area contributed by atoms with Crippen LogP contribution in [-0.2, 0) is 11.2 Å². The molecule has 0 spiro atoms. The molecule has 0 aliphatic heterocycles. The number of amides is 1. The Kier molecular flexibility index (Phi) is 4.78. The van der Waals surface area contributed by atoms with Crippen LogP contribution in [0.4, 0.5) is 0 Å². The highest BCUT2D eigenvalue weighted by molar-refractivity contribution is 5.79. The van der Waals surface area contributed by atoms with Crippen LogP contribution < -0.4 is 5.32 Å². The van der Waals surface area contributed by atoms with Gasteiger partial charge in [-0.25, -0.2) is 0 Å². The number of hydrogen-bond acceptors (Lipinski definition) is 1. The number of nitrogens with one attached hydrogen (secondary N) is 1. The van der Waals surface area contributed by atoms with Gasteiger partial charge in [0.05, 0.1) is 6.42 Å². The first-order valence-electron chi connectivity index (χ1n) is 7.19. The minimum atomic E-state index is 0.114. The Morgan fingerprint density at radius 3 is 2.63 bits per heavy atom. The molecule has 0 heterocycles. The first-order valence-corrected chi connectivity index (χ1v) is 7.19. The van der Waals surface area contributed by atoms with Crippen molar-refractivity contribution in [3.63, 3.8) is 0 Å². The zero-order valence-corrected chi connectivity index (χ0v) is 11.9. The SMILES string of the molecule is Cc1ccc(CC(=O)NC(C)C2=CCCCC2)cc1. The van der Waals surface area contributed by atoms with Crippen LogP contribution in [0.15, 0.2) is 35.9 Å². The van der Waals surface area contributed by atoms with Crippen LogP contribution in [0.2, 0.25) is 0 Å². The number of carbonyl (C=O) groups excluding carboxylic acids is 1. The Hall–Kier alpha value is -1.57. The molecule has 0 aromatic heterocycles. The second-order valence-electron chi connectivity index (χ2n) is 5.48. The molecular formula is C17H23NO. The van der Waals surface area contributed by atoms with Crippen LogP contribution in [0.5, 0.6) is 0 Å². The molecule has 2 rings (SSSR count). The van der Waals surface area contributed by atoms with Crippen molar-refractivity contribution in [2.75, 3.05) is 0 Å². The van der Waals surface area contributed by atoms with Crippen LogP contribution >= 0.6 is 0 Å². The van der Waals surface area contributed by atoms with Crippen molar-refractivity contribution in [1.29, 1.82) is 0 Å². The Morgan fingerprint density at radius 2 is 2.00 bits per heavy atom. The summed E-state index contributed by atoms with van der Waals surface area (Å²) >= 11 is 0. The third-order valence-electron chi connectivity index (χ3n) is 3.75. The van der Waals surface area contributed by atoms with Crippen molar-refractivity contribution in [1.82, 2.24) is 5.32 Å². The molecule has 0 radical (unpaired) electrons. The van der Waals surface area contributed by atoms with E-state index in [2.05, 4.69) is 37.4 Å². The predicted octanol–water partition coefficient (Wildman–Crippen LogP) is 3.54. The lowest BCUT2D eigenvalue weighted by Crippen LogP contribution is -2.35. The van der Waals surface area contributed by atoms with Gasteiger partial charge < -0.3 is 5.32 Å². The smallest absolute Gasteiger partial charge is 0.224 e. The average molecular weight is 257 g/mol. The standard InChI is InChI=1S/C17H23NO/c1-13-8-10-15(11-9-13)12-17(19)18-14(2)16-6-4-3-5-7-16/h6,8-11,14H,3-5,7,12H2,1-2H3,(H,18,19). The molecule has 0 bridgehead atoms. The van der Waals surface area contributed by atoms with E-state index >= 15 is 0 Å². The van der Waals surface area contributed by atoms with Gasteiger partial charge in [0.15, 0.2) is 0 Å². The Labute approximate surface area is 115 Å². The fourth-order valence-electron chi connectivity index (χ4n) is 2.53. The van der Waals surface area contributed by atoms with Gasteiger partial charge in [-0.05, 0) is 45.1 Å². The largest absolute Gasteiger partial charge is 0.350 e. The Morgan fingerprint density at radius 1 is 1.26 bits per heavy atom. The fourth-order valence-corrected chi connectivity index (χ4v) is 2.53. The highest BCUT2D eigenvalue weighted by Crippen LogP contribution is 2.20. The maximum atomic E-state index is 12.0. The number of hydrogen-bond donors (Lipinski definition) is 1. The van der Waals surface area contributed by atoms with Gasteiger partial charge in [-0.3, -0.25) is 4.79 Å². The summed E-state index contributed by atoms with van der Waals surface area (Å²) in [6.45, 7) is 4.14. The first kappa shape index (κ1) is 13.9. The van der Waals surface area contributed by atoms with Crippen LogP contribution in [-0.4, -0.2) is 11.9 Å². The summed E-state index contributed by atoms with van der Waals surface area (Å²) < 4.78 is 0. The number of aryl methyl sites for hydroxylation is 1. The molecule has 1 unspecified atom stereocenters. The van der Waals surface area contributed by atoms with E-state index in [1.807, 2.05) is 12.1 Å². The Balaban J connectivity index is 1.86. The molecule has 19 heavy (non-hydrogen) atoms. The van der Waals surface area contributed by atoms with E-state index in [1.165, 1.54) is 24.0 Å². The van der Waals surface area contributed by atoms with Gasteiger partial charge in [-0.1, -0.05) is 41.5 Å². The van der Waals surface area contributed by atoms with Crippen molar-refractivity contribution in [3.05, 3.63) is 47.0 Å². The number of rotatable bonds is 4. The molecule has 0 fully saturated rings. The molecule has 0 saturated heterocycles. The lowest BCUT2D eigenvalue weighted by atomic mass is 9.94. The van der Waals surface area contributed by atoms with Gasteiger partial charge in [-0.15, -0.1) is 0 Å². The molecule has 1 aliphatic rings. The molecule has 1 aliphatic carbocycles. The molecule has 1 aromatic carbocycles. The minimum Gasteiger partial charge on any atom is -0.350 e. The number of carbonyl (C=O) groups is 1. The molecule has 102 valence electrons. The summed E-state index contributed by atoms with van der Waals surface area (Å²) in [5.74, 6) is 0.114. The normalized spacial score (nSPS) is 16.6. The van der Waals surface area contributed by atoms with E-state index in [9.17, 15) is 4.79 Å². The lowest BCUT2D eigenvalue weighted by molar-refractivity contribution is -0.120. The van der Waals surface area contributed by atoms with E-state index in [-0.39, 0.29) is 11.9 Å². The highest BCUT2D eigenvalue weighted by Gasteiger charge is 2.14.